The third kappa shape index (κ3) is 5.14. The summed E-state index contributed by atoms with van der Waals surface area (Å²) < 4.78 is 0. The van der Waals surface area contributed by atoms with E-state index in [1.54, 1.807) is 6.20 Å². The molecule has 1 saturated heterocycles. The molecule has 178 valence electrons. The Morgan fingerprint density at radius 3 is 2.65 bits per heavy atom. The van der Waals surface area contributed by atoms with Crippen LogP contribution in [0.2, 0.25) is 0 Å². The van der Waals surface area contributed by atoms with Crippen molar-refractivity contribution in [1.29, 1.82) is 0 Å². The van der Waals surface area contributed by atoms with E-state index >= 15 is 0 Å². The van der Waals surface area contributed by atoms with Crippen LogP contribution < -0.4 is 5.32 Å². The fraction of sp³-hybridized carbons (Fsp3) is 0.414. The lowest BCUT2D eigenvalue weighted by Crippen LogP contribution is -2.55. The van der Waals surface area contributed by atoms with Crippen LogP contribution in [0.3, 0.4) is 0 Å². The molecule has 1 N–H and O–H groups in total. The van der Waals surface area contributed by atoms with Crippen molar-refractivity contribution in [3.8, 4) is 0 Å². The van der Waals surface area contributed by atoms with E-state index in [4.69, 9.17) is 0 Å². The number of hydrogen-bond acceptors (Lipinski definition) is 3. The monoisotopic (exact) mass is 457 g/mol. The van der Waals surface area contributed by atoms with E-state index in [0.29, 0.717) is 12.2 Å². The maximum atomic E-state index is 13.6. The molecule has 3 atom stereocenters. The first kappa shape index (κ1) is 23.9. The third-order valence-corrected chi connectivity index (χ3v) is 6.94. The summed E-state index contributed by atoms with van der Waals surface area (Å²) in [5, 5.41) is 3.17. The Morgan fingerprint density at radius 1 is 1.12 bits per heavy atom. The van der Waals surface area contributed by atoms with Crippen molar-refractivity contribution in [2.45, 2.75) is 58.4 Å². The van der Waals surface area contributed by atoms with Crippen molar-refractivity contribution < 1.29 is 9.59 Å². The number of hydrogen-bond donors (Lipinski definition) is 1. The van der Waals surface area contributed by atoms with Gasteiger partial charge >= 0.3 is 0 Å². The van der Waals surface area contributed by atoms with Gasteiger partial charge in [0.2, 0.25) is 5.91 Å². The number of rotatable bonds is 4. The Hall–Kier alpha value is -3.21. The van der Waals surface area contributed by atoms with Crippen LogP contribution in [-0.4, -0.2) is 34.3 Å². The zero-order valence-corrected chi connectivity index (χ0v) is 20.6. The zero-order chi connectivity index (χ0) is 24.3. The van der Waals surface area contributed by atoms with E-state index in [1.807, 2.05) is 48.2 Å². The van der Waals surface area contributed by atoms with E-state index < -0.39 is 0 Å². The Morgan fingerprint density at radius 2 is 1.94 bits per heavy atom. The average Bonchev–Trinajstić information content (AvgIpc) is 2.83. The van der Waals surface area contributed by atoms with E-state index in [2.05, 4.69) is 55.4 Å². The molecule has 2 amide bonds. The quantitative estimate of drug-likeness (QED) is 0.643. The first-order chi connectivity index (χ1) is 16.3. The number of piperidine rings is 1. The summed E-state index contributed by atoms with van der Waals surface area (Å²) in [7, 11) is 0. The lowest BCUT2D eigenvalue weighted by Gasteiger charge is -2.44. The summed E-state index contributed by atoms with van der Waals surface area (Å²) in [6.45, 7) is 9.04. The molecule has 34 heavy (non-hydrogen) atoms. The summed E-state index contributed by atoms with van der Waals surface area (Å²) in [4.78, 5) is 33.6. The molecule has 0 saturated carbocycles. The summed E-state index contributed by atoms with van der Waals surface area (Å²) in [6.07, 6.45) is 12.3. The van der Waals surface area contributed by atoms with Gasteiger partial charge in [0.05, 0.1) is 12.0 Å². The second kappa shape index (κ2) is 9.96. The van der Waals surface area contributed by atoms with Crippen LogP contribution in [0.25, 0.3) is 0 Å². The highest BCUT2D eigenvalue weighted by molar-refractivity contribution is 5.96. The van der Waals surface area contributed by atoms with Crippen molar-refractivity contribution in [3.63, 3.8) is 0 Å². The van der Waals surface area contributed by atoms with Gasteiger partial charge in [0.1, 0.15) is 5.69 Å². The molecule has 5 nitrogen and oxygen atoms in total. The number of nitrogens with zero attached hydrogens (tertiary/aromatic N) is 2. The standard InChI is InChI=1S/C29H35N3O2/c1-20-11-9-17-30-25(20)28(34)32-18-10-16-24(26(32)21-12-6-5-7-13-21)27(33)31-23-15-8-14-22(19-23)29(2,3)4/h5-9,11-12,14-15,17,19,21,24,26H,10,13,16,18H2,1-4H3,(H,31,33)/t21?,24-,26-/m0/s1. The van der Waals surface area contributed by atoms with Gasteiger partial charge in [-0.25, -0.2) is 0 Å². The van der Waals surface area contributed by atoms with Crippen molar-refractivity contribution in [1.82, 2.24) is 9.88 Å². The molecule has 2 aliphatic rings. The number of nitrogens with one attached hydrogen (secondary N) is 1. The van der Waals surface area contributed by atoms with Gasteiger partial charge in [-0.1, -0.05) is 63.3 Å². The fourth-order valence-electron chi connectivity index (χ4n) is 5.07. The summed E-state index contributed by atoms with van der Waals surface area (Å²) in [5.74, 6) is -0.302. The molecular weight excluding hydrogens is 422 g/mol. The van der Waals surface area contributed by atoms with Gasteiger partial charge in [0.15, 0.2) is 0 Å². The highest BCUT2D eigenvalue weighted by Gasteiger charge is 2.42. The van der Waals surface area contributed by atoms with Crippen molar-refractivity contribution in [3.05, 3.63) is 83.7 Å². The number of benzene rings is 1. The number of pyridine rings is 1. The Balaban J connectivity index is 1.63. The molecule has 1 fully saturated rings. The van der Waals surface area contributed by atoms with Gasteiger partial charge in [0, 0.05) is 24.3 Å². The van der Waals surface area contributed by atoms with E-state index in [9.17, 15) is 9.59 Å². The Bertz CT molecular complexity index is 1110. The third-order valence-electron chi connectivity index (χ3n) is 6.94. The van der Waals surface area contributed by atoms with E-state index in [0.717, 1.165) is 30.5 Å². The van der Waals surface area contributed by atoms with E-state index in [1.165, 1.54) is 5.56 Å². The predicted octanol–water partition coefficient (Wildman–Crippen LogP) is 5.68. The minimum atomic E-state index is -0.291. The van der Waals surface area contributed by atoms with Gasteiger partial charge in [-0.15, -0.1) is 0 Å². The highest BCUT2D eigenvalue weighted by atomic mass is 16.2. The first-order valence-corrected chi connectivity index (χ1v) is 12.2. The molecule has 4 rings (SSSR count). The second-order valence-electron chi connectivity index (χ2n) is 10.4. The van der Waals surface area contributed by atoms with Crippen LogP contribution >= 0.6 is 0 Å². The molecule has 2 aromatic rings. The summed E-state index contributed by atoms with van der Waals surface area (Å²) in [6, 6.07) is 11.6. The van der Waals surface area contributed by atoms with Crippen molar-refractivity contribution in [2.75, 3.05) is 11.9 Å². The minimum absolute atomic E-state index is 0.00288. The molecular formula is C29H35N3O2. The zero-order valence-electron chi connectivity index (χ0n) is 20.6. The topological polar surface area (TPSA) is 62.3 Å². The molecule has 0 spiro atoms. The van der Waals surface area contributed by atoms with Crippen LogP contribution in [0.5, 0.6) is 0 Å². The van der Waals surface area contributed by atoms with Crippen molar-refractivity contribution >= 4 is 17.5 Å². The van der Waals surface area contributed by atoms with Gasteiger partial charge < -0.3 is 10.2 Å². The molecule has 0 bridgehead atoms. The number of anilines is 1. The number of allylic oxidation sites excluding steroid dienone is 3. The minimum Gasteiger partial charge on any atom is -0.333 e. The molecule has 1 aromatic heterocycles. The number of amides is 2. The number of aryl methyl sites for hydroxylation is 1. The highest BCUT2D eigenvalue weighted by Crippen LogP contribution is 2.35. The van der Waals surface area contributed by atoms with Crippen LogP contribution in [-0.2, 0) is 10.2 Å². The normalized spacial score (nSPS) is 22.5. The molecule has 1 unspecified atom stereocenters. The second-order valence-corrected chi connectivity index (χ2v) is 10.4. The molecule has 0 radical (unpaired) electrons. The maximum Gasteiger partial charge on any atom is 0.273 e. The predicted molar refractivity (Wildman–Crippen MR) is 137 cm³/mol. The molecule has 1 aromatic carbocycles. The largest absolute Gasteiger partial charge is 0.333 e. The van der Waals surface area contributed by atoms with E-state index in [-0.39, 0.29) is 35.1 Å². The fourth-order valence-corrected chi connectivity index (χ4v) is 5.07. The molecule has 2 heterocycles. The average molecular weight is 458 g/mol. The molecule has 5 heteroatoms. The Labute approximate surface area is 203 Å². The SMILES string of the molecule is Cc1cccnc1C(=O)N1CCC[C@H](C(=O)Nc2cccc(C(C)(C)C)c2)[C@@H]1C1C=CC=CC1. The summed E-state index contributed by atoms with van der Waals surface area (Å²) in [5.41, 5.74) is 3.31. The maximum absolute atomic E-state index is 13.6. The van der Waals surface area contributed by atoms with Crippen molar-refractivity contribution in [2.24, 2.45) is 11.8 Å². The summed E-state index contributed by atoms with van der Waals surface area (Å²) >= 11 is 0. The van der Waals surface area contributed by atoms with Gasteiger partial charge in [-0.2, -0.15) is 0 Å². The first-order valence-electron chi connectivity index (χ1n) is 12.2. The van der Waals surface area contributed by atoms with Gasteiger partial charge in [-0.05, 0) is 60.9 Å². The van der Waals surface area contributed by atoms with Crippen LogP contribution in [0.15, 0.2) is 66.9 Å². The van der Waals surface area contributed by atoms with Crippen LogP contribution in [0, 0.1) is 18.8 Å². The Kier molecular flexibility index (Phi) is 7.01. The molecule has 1 aliphatic carbocycles. The lowest BCUT2D eigenvalue weighted by molar-refractivity contribution is -0.123. The molecule has 1 aliphatic heterocycles. The number of aromatic nitrogens is 1. The van der Waals surface area contributed by atoms with Crippen LogP contribution in [0.4, 0.5) is 5.69 Å². The lowest BCUT2D eigenvalue weighted by atomic mass is 9.77. The van der Waals surface area contributed by atoms with Gasteiger partial charge in [-0.3, -0.25) is 14.6 Å². The van der Waals surface area contributed by atoms with Crippen LogP contribution in [0.1, 0.15) is 61.6 Å². The number of carbonyl (C=O) groups is 2. The smallest absolute Gasteiger partial charge is 0.273 e. The number of likely N-dealkylation sites (tertiary alicyclic amines) is 1. The van der Waals surface area contributed by atoms with Gasteiger partial charge in [0.25, 0.3) is 5.91 Å². The number of carbonyl (C=O) groups excluding carboxylic acids is 2.